The van der Waals surface area contributed by atoms with Crippen molar-refractivity contribution in [1.82, 2.24) is 0 Å². The van der Waals surface area contributed by atoms with Crippen LogP contribution in [-0.2, 0) is 9.53 Å². The van der Waals surface area contributed by atoms with Gasteiger partial charge in [-0.3, -0.25) is 0 Å². The van der Waals surface area contributed by atoms with Crippen LogP contribution < -0.4 is 9.47 Å². The topological polar surface area (TPSA) is 68.6 Å². The molecule has 1 aromatic carbocycles. The molecule has 0 aliphatic carbocycles. The van der Waals surface area contributed by atoms with Gasteiger partial charge in [-0.05, 0) is 35.5 Å². The third-order valence-electron chi connectivity index (χ3n) is 2.49. The number of nitriles is 1. The monoisotopic (exact) mass is 293 g/mol. The molecule has 5 nitrogen and oxygen atoms in total. The number of thiocyanates is 1. The van der Waals surface area contributed by atoms with E-state index >= 15 is 0 Å². The molecule has 1 rings (SSSR count). The van der Waals surface area contributed by atoms with Crippen LogP contribution in [0.3, 0.4) is 0 Å². The Hall–Kier alpha value is -2.13. The minimum atomic E-state index is -0.456. The van der Waals surface area contributed by atoms with Crippen molar-refractivity contribution >= 4 is 23.8 Å². The molecule has 0 saturated heterocycles. The number of thioether (sulfide) groups is 1. The molecule has 0 unspecified atom stereocenters. The summed E-state index contributed by atoms with van der Waals surface area (Å²) in [4.78, 5) is 11.6. The number of benzene rings is 1. The molecule has 106 valence electrons. The zero-order chi connectivity index (χ0) is 15.0. The molecule has 1 aromatic rings. The number of hydrogen-bond acceptors (Lipinski definition) is 6. The molecule has 0 amide bonds. The molecule has 0 radical (unpaired) electrons. The Kier molecular flexibility index (Phi) is 6.47. The molecule has 0 saturated carbocycles. The van der Waals surface area contributed by atoms with E-state index in [1.165, 1.54) is 14.2 Å². The maximum atomic E-state index is 11.6. The van der Waals surface area contributed by atoms with Gasteiger partial charge >= 0.3 is 5.97 Å². The number of rotatable bonds is 6. The van der Waals surface area contributed by atoms with Gasteiger partial charge in [0.2, 0.25) is 0 Å². The van der Waals surface area contributed by atoms with E-state index in [2.05, 4.69) is 0 Å². The summed E-state index contributed by atoms with van der Waals surface area (Å²) < 4.78 is 15.0. The Labute approximate surface area is 122 Å². The molecule has 0 atom stereocenters. The van der Waals surface area contributed by atoms with Gasteiger partial charge < -0.3 is 14.2 Å². The lowest BCUT2D eigenvalue weighted by molar-refractivity contribution is -0.135. The number of carbonyl (C=O) groups is 1. The van der Waals surface area contributed by atoms with Crippen molar-refractivity contribution in [2.24, 2.45) is 0 Å². The highest BCUT2D eigenvalue weighted by atomic mass is 32.2. The molecule has 0 spiro atoms. The predicted octanol–water partition coefficient (Wildman–Crippen LogP) is 2.47. The van der Waals surface area contributed by atoms with E-state index in [-0.39, 0.29) is 5.75 Å². The van der Waals surface area contributed by atoms with E-state index in [1.54, 1.807) is 31.4 Å². The van der Waals surface area contributed by atoms with Gasteiger partial charge in [0.05, 0.1) is 21.3 Å². The predicted molar refractivity (Wildman–Crippen MR) is 77.6 cm³/mol. The molecule has 0 bridgehead atoms. The van der Waals surface area contributed by atoms with Gasteiger partial charge in [0.1, 0.15) is 5.40 Å². The van der Waals surface area contributed by atoms with Crippen molar-refractivity contribution in [3.8, 4) is 16.9 Å². The fraction of sp³-hybridized carbons (Fsp3) is 0.286. The zero-order valence-electron chi connectivity index (χ0n) is 11.5. The Balaban J connectivity index is 3.10. The summed E-state index contributed by atoms with van der Waals surface area (Å²) in [7, 11) is 4.40. The number of hydrogen-bond donors (Lipinski definition) is 0. The second-order valence-corrected chi connectivity index (χ2v) is 4.42. The second-order valence-electron chi connectivity index (χ2n) is 3.66. The maximum absolute atomic E-state index is 11.6. The first kappa shape index (κ1) is 15.9. The summed E-state index contributed by atoms with van der Waals surface area (Å²) >= 11 is 0.977. The highest BCUT2D eigenvalue weighted by Gasteiger charge is 2.11. The molecule has 0 N–H and O–H groups in total. The Bertz CT molecular complexity index is 549. The average molecular weight is 293 g/mol. The zero-order valence-corrected chi connectivity index (χ0v) is 12.3. The summed E-state index contributed by atoms with van der Waals surface area (Å²) in [6.07, 6.45) is 1.66. The average Bonchev–Trinajstić information content (AvgIpc) is 2.50. The van der Waals surface area contributed by atoms with E-state index in [0.29, 0.717) is 17.1 Å². The first-order chi connectivity index (χ1) is 9.65. The Morgan fingerprint density at radius 2 is 2.00 bits per heavy atom. The third-order valence-corrected chi connectivity index (χ3v) is 3.07. The summed E-state index contributed by atoms with van der Waals surface area (Å²) in [5, 5.41) is 10.5. The van der Waals surface area contributed by atoms with Crippen LogP contribution in [0.2, 0.25) is 0 Å². The van der Waals surface area contributed by atoms with Gasteiger partial charge in [0.15, 0.2) is 11.5 Å². The number of ether oxygens (including phenoxy) is 3. The summed E-state index contributed by atoms with van der Waals surface area (Å²) in [5.41, 5.74) is 1.17. The van der Waals surface area contributed by atoms with E-state index in [1.807, 2.05) is 5.40 Å². The first-order valence-electron chi connectivity index (χ1n) is 5.68. The molecule has 0 fully saturated rings. The molecule has 0 aliphatic rings. The van der Waals surface area contributed by atoms with Crippen molar-refractivity contribution < 1.29 is 19.0 Å². The minimum absolute atomic E-state index is 0.261. The van der Waals surface area contributed by atoms with Crippen molar-refractivity contribution in [1.29, 1.82) is 5.26 Å². The van der Waals surface area contributed by atoms with Gasteiger partial charge in [-0.2, -0.15) is 5.26 Å². The van der Waals surface area contributed by atoms with Crippen LogP contribution in [0.5, 0.6) is 11.5 Å². The van der Waals surface area contributed by atoms with Crippen LogP contribution in [0.15, 0.2) is 23.8 Å². The van der Waals surface area contributed by atoms with Crippen molar-refractivity contribution in [3.05, 3.63) is 29.3 Å². The van der Waals surface area contributed by atoms with Crippen LogP contribution in [0.25, 0.3) is 6.08 Å². The van der Waals surface area contributed by atoms with Crippen LogP contribution in [0, 0.1) is 10.7 Å². The molecule has 0 aromatic heterocycles. The standard InChI is InChI=1S/C14H15NO4S/c1-17-12-5-4-10(7-13(12)18-2)6-11(8-20-9-15)14(16)19-3/h4-7H,8H2,1-3H3/b11-6+. The fourth-order valence-electron chi connectivity index (χ4n) is 1.54. The Morgan fingerprint density at radius 3 is 2.55 bits per heavy atom. The van der Waals surface area contributed by atoms with E-state index in [9.17, 15) is 4.79 Å². The number of carbonyl (C=O) groups excluding carboxylic acids is 1. The number of nitrogens with zero attached hydrogens (tertiary/aromatic N) is 1. The van der Waals surface area contributed by atoms with E-state index in [4.69, 9.17) is 19.5 Å². The molecular weight excluding hydrogens is 278 g/mol. The molecule has 20 heavy (non-hydrogen) atoms. The van der Waals surface area contributed by atoms with Gasteiger partial charge in [0.25, 0.3) is 0 Å². The van der Waals surface area contributed by atoms with Crippen LogP contribution in [0.4, 0.5) is 0 Å². The van der Waals surface area contributed by atoms with Crippen molar-refractivity contribution in [2.75, 3.05) is 27.1 Å². The maximum Gasteiger partial charge on any atom is 0.334 e. The van der Waals surface area contributed by atoms with Crippen molar-refractivity contribution in [2.45, 2.75) is 0 Å². The molecule has 6 heteroatoms. The molecule has 0 heterocycles. The lowest BCUT2D eigenvalue weighted by Crippen LogP contribution is -2.06. The normalized spacial score (nSPS) is 10.6. The quantitative estimate of drug-likeness (QED) is 0.456. The SMILES string of the molecule is COC(=O)/C(=C/c1ccc(OC)c(OC)c1)CSC#N. The Morgan fingerprint density at radius 1 is 1.30 bits per heavy atom. The van der Waals surface area contributed by atoms with E-state index < -0.39 is 5.97 Å². The highest BCUT2D eigenvalue weighted by molar-refractivity contribution is 8.03. The van der Waals surface area contributed by atoms with Gasteiger partial charge in [0, 0.05) is 11.3 Å². The van der Waals surface area contributed by atoms with E-state index in [0.717, 1.165) is 17.3 Å². The van der Waals surface area contributed by atoms with Gasteiger partial charge in [-0.25, -0.2) is 4.79 Å². The summed E-state index contributed by atoms with van der Waals surface area (Å²) in [6, 6.07) is 5.29. The van der Waals surface area contributed by atoms with Gasteiger partial charge in [-0.1, -0.05) is 6.07 Å². The second kappa shape index (κ2) is 8.12. The number of esters is 1. The largest absolute Gasteiger partial charge is 0.493 e. The van der Waals surface area contributed by atoms with Gasteiger partial charge in [-0.15, -0.1) is 0 Å². The molecule has 0 aliphatic heterocycles. The minimum Gasteiger partial charge on any atom is -0.493 e. The number of methoxy groups -OCH3 is 3. The van der Waals surface area contributed by atoms with Crippen LogP contribution in [0.1, 0.15) is 5.56 Å². The first-order valence-corrected chi connectivity index (χ1v) is 6.66. The third kappa shape index (κ3) is 4.21. The highest BCUT2D eigenvalue weighted by Crippen LogP contribution is 2.28. The fourth-order valence-corrected chi connectivity index (χ4v) is 1.97. The van der Waals surface area contributed by atoms with Crippen LogP contribution >= 0.6 is 11.8 Å². The lowest BCUT2D eigenvalue weighted by Gasteiger charge is -2.08. The van der Waals surface area contributed by atoms with Crippen LogP contribution in [-0.4, -0.2) is 33.1 Å². The van der Waals surface area contributed by atoms with Crippen molar-refractivity contribution in [3.63, 3.8) is 0 Å². The smallest absolute Gasteiger partial charge is 0.334 e. The molecular formula is C14H15NO4S. The summed E-state index contributed by atoms with van der Waals surface area (Å²) in [6.45, 7) is 0. The lowest BCUT2D eigenvalue weighted by atomic mass is 10.1. The summed E-state index contributed by atoms with van der Waals surface area (Å²) in [5.74, 6) is 0.981.